The van der Waals surface area contributed by atoms with Crippen LogP contribution < -0.4 is 15.4 Å². The lowest BCUT2D eigenvalue weighted by Gasteiger charge is -2.09. The predicted octanol–water partition coefficient (Wildman–Crippen LogP) is 2.63. The molecule has 1 aromatic rings. The molecule has 0 radical (unpaired) electrons. The summed E-state index contributed by atoms with van der Waals surface area (Å²) in [4.78, 5) is 22.6. The second-order valence-electron chi connectivity index (χ2n) is 3.29. The number of methoxy groups -OCH3 is 1. The van der Waals surface area contributed by atoms with Crippen LogP contribution in [0.2, 0.25) is 5.02 Å². The van der Waals surface area contributed by atoms with Crippen LogP contribution in [0.4, 0.5) is 10.5 Å². The number of nitrogens with one attached hydrogen (secondary N) is 2. The molecule has 1 aromatic carbocycles. The molecule has 18 heavy (non-hydrogen) atoms. The zero-order valence-corrected chi connectivity index (χ0v) is 11.1. The van der Waals surface area contributed by atoms with Crippen LogP contribution in [0.25, 0.3) is 0 Å². The Hall–Kier alpha value is -1.46. The first kappa shape index (κ1) is 14.6. The summed E-state index contributed by atoms with van der Waals surface area (Å²) in [6, 6.07) is 4.12. The van der Waals surface area contributed by atoms with Gasteiger partial charge in [-0.15, -0.1) is 11.6 Å². The van der Waals surface area contributed by atoms with Gasteiger partial charge in [-0.2, -0.15) is 0 Å². The Balaban J connectivity index is 2.66. The van der Waals surface area contributed by atoms with Gasteiger partial charge >= 0.3 is 6.03 Å². The van der Waals surface area contributed by atoms with E-state index in [9.17, 15) is 9.59 Å². The maximum Gasteiger partial charge on any atom is 0.325 e. The Morgan fingerprint density at radius 3 is 2.72 bits per heavy atom. The molecule has 0 aromatic heterocycles. The summed E-state index contributed by atoms with van der Waals surface area (Å²) in [7, 11) is 1.50. The van der Waals surface area contributed by atoms with Crippen LogP contribution >= 0.6 is 23.2 Å². The third-order valence-electron chi connectivity index (χ3n) is 2.00. The van der Waals surface area contributed by atoms with Crippen molar-refractivity contribution in [3.63, 3.8) is 0 Å². The van der Waals surface area contributed by atoms with Crippen LogP contribution in [0.1, 0.15) is 6.42 Å². The van der Waals surface area contributed by atoms with Gasteiger partial charge in [-0.25, -0.2) is 4.79 Å². The van der Waals surface area contributed by atoms with Crippen molar-refractivity contribution in [2.24, 2.45) is 0 Å². The number of urea groups is 1. The number of hydrogen-bond acceptors (Lipinski definition) is 3. The van der Waals surface area contributed by atoms with Gasteiger partial charge in [0.2, 0.25) is 5.91 Å². The topological polar surface area (TPSA) is 67.4 Å². The average Bonchev–Trinajstić information content (AvgIpc) is 2.32. The number of rotatable bonds is 4. The number of anilines is 1. The van der Waals surface area contributed by atoms with E-state index in [1.165, 1.54) is 7.11 Å². The molecule has 5 nitrogen and oxygen atoms in total. The molecule has 0 fully saturated rings. The zero-order chi connectivity index (χ0) is 13.5. The number of alkyl halides is 1. The molecule has 0 unspecified atom stereocenters. The summed E-state index contributed by atoms with van der Waals surface area (Å²) in [5.41, 5.74) is 0.354. The van der Waals surface area contributed by atoms with E-state index in [4.69, 9.17) is 27.9 Å². The van der Waals surface area contributed by atoms with Gasteiger partial charge in [-0.05, 0) is 12.1 Å². The fourth-order valence-corrected chi connectivity index (χ4v) is 1.49. The minimum absolute atomic E-state index is 0.0703. The predicted molar refractivity (Wildman–Crippen MR) is 70.5 cm³/mol. The Bertz CT molecular complexity index is 452. The highest BCUT2D eigenvalue weighted by Crippen LogP contribution is 2.26. The lowest BCUT2D eigenvalue weighted by Crippen LogP contribution is -2.34. The molecule has 1 rings (SSSR count). The molecule has 0 aliphatic heterocycles. The summed E-state index contributed by atoms with van der Waals surface area (Å²) in [6.45, 7) is 0. The number of amides is 3. The summed E-state index contributed by atoms with van der Waals surface area (Å²) in [5.74, 6) is 0.238. The van der Waals surface area contributed by atoms with Crippen LogP contribution in [-0.2, 0) is 4.79 Å². The molecule has 0 bridgehead atoms. The normalized spacial score (nSPS) is 9.72. The zero-order valence-electron chi connectivity index (χ0n) is 9.63. The SMILES string of the molecule is COc1ccc(Cl)c(NC(=O)NC(=O)CCCl)c1. The Labute approximate surface area is 114 Å². The van der Waals surface area contributed by atoms with E-state index in [1.807, 2.05) is 0 Å². The van der Waals surface area contributed by atoms with Crippen molar-refractivity contribution in [2.75, 3.05) is 18.3 Å². The van der Waals surface area contributed by atoms with Crippen molar-refractivity contribution in [1.29, 1.82) is 0 Å². The van der Waals surface area contributed by atoms with Gasteiger partial charge in [0, 0.05) is 18.4 Å². The third kappa shape index (κ3) is 4.43. The summed E-state index contributed by atoms with van der Waals surface area (Å²) >= 11 is 11.3. The van der Waals surface area contributed by atoms with E-state index in [0.717, 1.165) is 0 Å². The van der Waals surface area contributed by atoms with Gasteiger partial charge < -0.3 is 10.1 Å². The molecule has 3 amide bonds. The van der Waals surface area contributed by atoms with Gasteiger partial charge in [0.1, 0.15) is 5.75 Å². The average molecular weight is 291 g/mol. The quantitative estimate of drug-likeness (QED) is 0.838. The highest BCUT2D eigenvalue weighted by molar-refractivity contribution is 6.33. The molecular formula is C11H12Cl2N2O3. The van der Waals surface area contributed by atoms with Crippen LogP contribution in [-0.4, -0.2) is 24.9 Å². The Morgan fingerprint density at radius 2 is 2.11 bits per heavy atom. The Kier molecular flexibility index (Phi) is 5.74. The molecule has 0 spiro atoms. The molecular weight excluding hydrogens is 279 g/mol. The van der Waals surface area contributed by atoms with E-state index in [1.54, 1.807) is 18.2 Å². The maximum atomic E-state index is 11.5. The molecule has 98 valence electrons. The van der Waals surface area contributed by atoms with Crippen LogP contribution in [0.3, 0.4) is 0 Å². The van der Waals surface area contributed by atoms with E-state index in [2.05, 4.69) is 10.6 Å². The second kappa shape index (κ2) is 7.08. The van der Waals surface area contributed by atoms with Crippen LogP contribution in [0.15, 0.2) is 18.2 Å². The van der Waals surface area contributed by atoms with Gasteiger partial charge in [-0.1, -0.05) is 11.6 Å². The first-order chi connectivity index (χ1) is 8.56. The lowest BCUT2D eigenvalue weighted by molar-refractivity contribution is -0.119. The van der Waals surface area contributed by atoms with Crippen molar-refractivity contribution in [3.05, 3.63) is 23.2 Å². The standard InChI is InChI=1S/C11H12Cl2N2O3/c1-18-7-2-3-8(13)9(6-7)14-11(17)15-10(16)4-5-12/h2-3,6H,4-5H2,1H3,(H2,14,15,16,17). The van der Waals surface area contributed by atoms with Crippen molar-refractivity contribution in [2.45, 2.75) is 6.42 Å². The Morgan fingerprint density at radius 1 is 1.39 bits per heavy atom. The monoisotopic (exact) mass is 290 g/mol. The van der Waals surface area contributed by atoms with Gasteiger partial charge in [0.15, 0.2) is 0 Å². The highest BCUT2D eigenvalue weighted by atomic mass is 35.5. The smallest absolute Gasteiger partial charge is 0.325 e. The molecule has 0 aliphatic rings. The van der Waals surface area contributed by atoms with Crippen molar-refractivity contribution < 1.29 is 14.3 Å². The summed E-state index contributed by atoms with van der Waals surface area (Å²) in [6.07, 6.45) is 0.0703. The minimum atomic E-state index is -0.666. The third-order valence-corrected chi connectivity index (χ3v) is 2.51. The molecule has 0 atom stereocenters. The second-order valence-corrected chi connectivity index (χ2v) is 4.07. The van der Waals surface area contributed by atoms with Crippen molar-refractivity contribution in [3.8, 4) is 5.75 Å². The number of carbonyl (C=O) groups excluding carboxylic acids is 2. The van der Waals surface area contributed by atoms with Crippen LogP contribution in [0, 0.1) is 0 Å². The molecule has 0 saturated carbocycles. The number of ether oxygens (including phenoxy) is 1. The van der Waals surface area contributed by atoms with Crippen molar-refractivity contribution in [1.82, 2.24) is 5.32 Å². The van der Waals surface area contributed by atoms with Gasteiger partial charge in [0.05, 0.1) is 17.8 Å². The fraction of sp³-hybridized carbons (Fsp3) is 0.273. The maximum absolute atomic E-state index is 11.5. The van der Waals surface area contributed by atoms with Gasteiger partial charge in [-0.3, -0.25) is 10.1 Å². The number of carbonyl (C=O) groups is 2. The van der Waals surface area contributed by atoms with E-state index < -0.39 is 11.9 Å². The van der Waals surface area contributed by atoms with Gasteiger partial charge in [0.25, 0.3) is 0 Å². The lowest BCUT2D eigenvalue weighted by atomic mass is 10.3. The molecule has 0 aliphatic carbocycles. The summed E-state index contributed by atoms with van der Waals surface area (Å²) < 4.78 is 5.00. The minimum Gasteiger partial charge on any atom is -0.497 e. The van der Waals surface area contributed by atoms with Crippen LogP contribution in [0.5, 0.6) is 5.75 Å². The largest absolute Gasteiger partial charge is 0.497 e. The fourth-order valence-electron chi connectivity index (χ4n) is 1.16. The van der Waals surface area contributed by atoms with E-state index >= 15 is 0 Å². The van der Waals surface area contributed by atoms with E-state index in [-0.39, 0.29) is 12.3 Å². The number of imide groups is 1. The van der Waals surface area contributed by atoms with E-state index in [0.29, 0.717) is 16.5 Å². The molecule has 7 heteroatoms. The van der Waals surface area contributed by atoms with Crippen molar-refractivity contribution >= 4 is 40.8 Å². The summed E-state index contributed by atoms with van der Waals surface area (Å²) in [5, 5.41) is 4.91. The number of benzene rings is 1. The molecule has 0 saturated heterocycles. The molecule has 0 heterocycles. The molecule has 2 N–H and O–H groups in total. The highest BCUT2D eigenvalue weighted by Gasteiger charge is 2.10. The first-order valence-electron chi connectivity index (χ1n) is 5.07. The number of hydrogen-bond donors (Lipinski definition) is 2. The number of halogens is 2. The first-order valence-corrected chi connectivity index (χ1v) is 5.98.